The lowest BCUT2D eigenvalue weighted by Crippen LogP contribution is -2.27. The van der Waals surface area contributed by atoms with E-state index in [1.807, 2.05) is 31.2 Å². The molecule has 28 heavy (non-hydrogen) atoms. The second kappa shape index (κ2) is 6.97. The molecule has 1 N–H and O–H groups in total. The Morgan fingerprint density at radius 2 is 1.79 bits per heavy atom. The molecular weight excluding hydrogens is 384 g/mol. The number of halogens is 2. The first-order valence-electron chi connectivity index (χ1n) is 8.27. The summed E-state index contributed by atoms with van der Waals surface area (Å²) in [6, 6.07) is 10.8. The van der Waals surface area contributed by atoms with Gasteiger partial charge in [-0.3, -0.25) is 14.0 Å². The van der Waals surface area contributed by atoms with E-state index in [1.54, 1.807) is 5.38 Å². The highest BCUT2D eigenvalue weighted by molar-refractivity contribution is 7.15. The molecule has 5 nitrogen and oxygen atoms in total. The van der Waals surface area contributed by atoms with E-state index in [2.05, 4.69) is 10.3 Å². The Hall–Kier alpha value is -3.39. The zero-order valence-corrected chi connectivity index (χ0v) is 15.4. The van der Waals surface area contributed by atoms with Crippen LogP contribution in [-0.2, 0) is 0 Å². The third kappa shape index (κ3) is 3.07. The molecule has 0 atom stereocenters. The average Bonchev–Trinajstić information content (AvgIpc) is 3.10. The van der Waals surface area contributed by atoms with Gasteiger partial charge in [-0.05, 0) is 24.6 Å². The van der Waals surface area contributed by atoms with Crippen molar-refractivity contribution in [1.29, 1.82) is 0 Å². The number of nitrogens with zero attached hydrogens (tertiary/aromatic N) is 2. The number of fused-ring (bicyclic) bond motifs is 1. The molecule has 0 saturated heterocycles. The highest BCUT2D eigenvalue weighted by atomic mass is 32.1. The van der Waals surface area contributed by atoms with Crippen molar-refractivity contribution in [2.45, 2.75) is 6.92 Å². The zero-order chi connectivity index (χ0) is 19.8. The van der Waals surface area contributed by atoms with Crippen LogP contribution < -0.4 is 10.9 Å². The highest BCUT2D eigenvalue weighted by Crippen LogP contribution is 2.24. The molecular formula is C20H13F2N3O2S. The van der Waals surface area contributed by atoms with Crippen LogP contribution >= 0.6 is 11.3 Å². The minimum absolute atomic E-state index is 0.313. The van der Waals surface area contributed by atoms with E-state index in [0.29, 0.717) is 10.7 Å². The van der Waals surface area contributed by atoms with Crippen LogP contribution in [0.15, 0.2) is 58.8 Å². The van der Waals surface area contributed by atoms with Crippen LogP contribution in [0.4, 0.5) is 14.5 Å². The van der Waals surface area contributed by atoms with Crippen molar-refractivity contribution in [3.05, 3.63) is 87.2 Å². The summed E-state index contributed by atoms with van der Waals surface area (Å²) in [5.74, 6) is -2.80. The molecule has 0 bridgehead atoms. The van der Waals surface area contributed by atoms with Crippen molar-refractivity contribution in [2.24, 2.45) is 0 Å². The van der Waals surface area contributed by atoms with Gasteiger partial charge in [-0.15, -0.1) is 11.3 Å². The normalized spacial score (nSPS) is 11.0. The van der Waals surface area contributed by atoms with Crippen molar-refractivity contribution < 1.29 is 13.6 Å². The van der Waals surface area contributed by atoms with Crippen molar-refractivity contribution in [1.82, 2.24) is 9.38 Å². The summed E-state index contributed by atoms with van der Waals surface area (Å²) in [6.45, 7) is 1.95. The first-order chi connectivity index (χ1) is 13.5. The number of carbonyl (C=O) groups is 1. The molecule has 0 radical (unpaired) electrons. The number of thiazole rings is 1. The summed E-state index contributed by atoms with van der Waals surface area (Å²) >= 11 is 1.26. The predicted octanol–water partition coefficient (Wildman–Crippen LogP) is 4.26. The van der Waals surface area contributed by atoms with E-state index in [-0.39, 0.29) is 5.56 Å². The van der Waals surface area contributed by atoms with Gasteiger partial charge in [-0.1, -0.05) is 35.9 Å². The van der Waals surface area contributed by atoms with E-state index in [4.69, 9.17) is 0 Å². The summed E-state index contributed by atoms with van der Waals surface area (Å²) in [5, 5.41) is 3.89. The first kappa shape index (κ1) is 18.0. The fourth-order valence-electron chi connectivity index (χ4n) is 2.77. The zero-order valence-electron chi connectivity index (χ0n) is 14.6. The third-order valence-electron chi connectivity index (χ3n) is 4.24. The molecule has 2 heterocycles. The number of hydrogen-bond acceptors (Lipinski definition) is 4. The van der Waals surface area contributed by atoms with Gasteiger partial charge in [0, 0.05) is 11.6 Å². The molecule has 0 spiro atoms. The van der Waals surface area contributed by atoms with Crippen LogP contribution in [-0.4, -0.2) is 15.3 Å². The maximum absolute atomic E-state index is 13.8. The number of hydrogen-bond donors (Lipinski definition) is 1. The van der Waals surface area contributed by atoms with Crippen LogP contribution in [0.25, 0.3) is 16.2 Å². The molecule has 0 fully saturated rings. The standard InChI is InChI=1S/C20H13F2N3O2S/c1-11-5-7-12(8-6-11)16-10-28-20-23-9-13(19(27)25(16)20)18(26)24-17-14(21)3-2-4-15(17)22/h2-10H,1H3,(H,24,26). The Bertz CT molecular complexity index is 1240. The Morgan fingerprint density at radius 1 is 1.11 bits per heavy atom. The number of aromatic nitrogens is 2. The Kier molecular flexibility index (Phi) is 4.48. The Balaban J connectivity index is 1.79. The second-order valence-electron chi connectivity index (χ2n) is 6.13. The highest BCUT2D eigenvalue weighted by Gasteiger charge is 2.19. The maximum Gasteiger partial charge on any atom is 0.271 e. The van der Waals surface area contributed by atoms with E-state index < -0.39 is 28.8 Å². The monoisotopic (exact) mass is 397 g/mol. The van der Waals surface area contributed by atoms with Crippen molar-refractivity contribution in [3.8, 4) is 11.3 Å². The van der Waals surface area contributed by atoms with Gasteiger partial charge in [0.15, 0.2) is 4.96 Å². The molecule has 0 saturated carbocycles. The van der Waals surface area contributed by atoms with Gasteiger partial charge in [0.25, 0.3) is 11.5 Å². The molecule has 2 aromatic heterocycles. The van der Waals surface area contributed by atoms with Gasteiger partial charge in [0.1, 0.15) is 22.9 Å². The minimum Gasteiger partial charge on any atom is -0.317 e. The lowest BCUT2D eigenvalue weighted by molar-refractivity contribution is 0.102. The number of benzene rings is 2. The molecule has 0 unspecified atom stereocenters. The van der Waals surface area contributed by atoms with Crippen LogP contribution in [0.2, 0.25) is 0 Å². The van der Waals surface area contributed by atoms with E-state index in [9.17, 15) is 18.4 Å². The minimum atomic E-state index is -0.933. The fourth-order valence-corrected chi connectivity index (χ4v) is 3.63. The predicted molar refractivity (Wildman–Crippen MR) is 104 cm³/mol. The number of carbonyl (C=O) groups excluding carboxylic acids is 1. The largest absolute Gasteiger partial charge is 0.317 e. The van der Waals surface area contributed by atoms with Gasteiger partial charge >= 0.3 is 0 Å². The molecule has 1 amide bonds. The van der Waals surface area contributed by atoms with Crippen molar-refractivity contribution in [3.63, 3.8) is 0 Å². The van der Waals surface area contributed by atoms with Crippen LogP contribution in [0.5, 0.6) is 0 Å². The number of aryl methyl sites for hydroxylation is 1. The van der Waals surface area contributed by atoms with E-state index in [0.717, 1.165) is 29.5 Å². The molecule has 4 aromatic rings. The Morgan fingerprint density at radius 3 is 2.46 bits per heavy atom. The molecule has 0 aliphatic rings. The van der Waals surface area contributed by atoms with Gasteiger partial charge in [-0.25, -0.2) is 13.8 Å². The number of amides is 1. The van der Waals surface area contributed by atoms with Crippen molar-refractivity contribution >= 4 is 27.9 Å². The second-order valence-corrected chi connectivity index (χ2v) is 6.97. The van der Waals surface area contributed by atoms with Gasteiger partial charge < -0.3 is 5.32 Å². The molecule has 0 aliphatic carbocycles. The van der Waals surface area contributed by atoms with Gasteiger partial charge in [0.2, 0.25) is 0 Å². The fraction of sp³-hybridized carbons (Fsp3) is 0.0500. The lowest BCUT2D eigenvalue weighted by Gasteiger charge is -2.08. The van der Waals surface area contributed by atoms with Gasteiger partial charge in [0.05, 0.1) is 5.69 Å². The van der Waals surface area contributed by atoms with Crippen LogP contribution in [0.3, 0.4) is 0 Å². The molecule has 2 aromatic carbocycles. The number of rotatable bonds is 3. The summed E-state index contributed by atoms with van der Waals surface area (Å²) in [6.07, 6.45) is 1.11. The quantitative estimate of drug-likeness (QED) is 0.562. The third-order valence-corrected chi connectivity index (χ3v) is 5.08. The maximum atomic E-state index is 13.8. The average molecular weight is 397 g/mol. The van der Waals surface area contributed by atoms with E-state index in [1.165, 1.54) is 21.8 Å². The molecule has 140 valence electrons. The van der Waals surface area contributed by atoms with Crippen LogP contribution in [0, 0.1) is 18.6 Å². The summed E-state index contributed by atoms with van der Waals surface area (Å²) in [5.41, 5.74) is 0.910. The van der Waals surface area contributed by atoms with Crippen LogP contribution in [0.1, 0.15) is 15.9 Å². The smallest absolute Gasteiger partial charge is 0.271 e. The van der Waals surface area contributed by atoms with Crippen molar-refractivity contribution in [2.75, 3.05) is 5.32 Å². The number of nitrogens with one attached hydrogen (secondary N) is 1. The van der Waals surface area contributed by atoms with E-state index >= 15 is 0 Å². The SMILES string of the molecule is Cc1ccc(-c2csc3ncc(C(=O)Nc4c(F)cccc4F)c(=O)n23)cc1. The number of anilines is 1. The lowest BCUT2D eigenvalue weighted by atomic mass is 10.1. The first-order valence-corrected chi connectivity index (χ1v) is 9.15. The number of para-hydroxylation sites is 1. The topological polar surface area (TPSA) is 63.5 Å². The summed E-state index contributed by atoms with van der Waals surface area (Å²) in [7, 11) is 0. The molecule has 0 aliphatic heterocycles. The Labute approximate surface area is 161 Å². The molecule has 8 heteroatoms. The summed E-state index contributed by atoms with van der Waals surface area (Å²) < 4.78 is 28.9. The summed E-state index contributed by atoms with van der Waals surface area (Å²) in [4.78, 5) is 30.0. The van der Waals surface area contributed by atoms with Gasteiger partial charge in [-0.2, -0.15) is 0 Å². The molecule has 4 rings (SSSR count).